The summed E-state index contributed by atoms with van der Waals surface area (Å²) in [6, 6.07) is 20.5. The standard InChI is InChI=1S/C67H87N13O14/c1-42(82)57(39-81)78-62(87)52-22-12-11-21-51(73-64(89)54(35-44-15-5-3-6-16-44)72-58(84)40-94-34-33-93-32-30-70-60(85)46-24-26-48(27-25-46)80-31-29-69-41-80)61(86)76-55(36-45-17-7-4-8-18-45)65(90)77-56(37-47-38-71-50-20-10-9-19-49(47)50)66(91)74-53(23-13-14-28-68)63(88)79-59(43(2)83)67(92)75-52/h3-10,15-20,24-27,29,31,38,41-43,51-57,59,71,81-83H,11-14,21-23,28,30,32-37,39-40,68H2,1-2H3,(H,70,85)(H,72,84)(H,73,89)(H,74,91)(H,75,92)(H,76,86)(H,77,90)(H,78,87)(H,79,88)/t42-,43-,51-,52-,53+,54-,55+,56-,57-,59+/m1/s1. The van der Waals surface area contributed by atoms with E-state index in [9.17, 15) is 48.9 Å². The van der Waals surface area contributed by atoms with Gasteiger partial charge in [-0.25, -0.2) is 4.98 Å². The Morgan fingerprint density at radius 3 is 2.03 bits per heavy atom. The van der Waals surface area contributed by atoms with Gasteiger partial charge in [-0.1, -0.05) is 91.7 Å². The van der Waals surface area contributed by atoms with Gasteiger partial charge in [-0.15, -0.1) is 0 Å². The summed E-state index contributed by atoms with van der Waals surface area (Å²) >= 11 is 0. The molecule has 1 aliphatic rings. The molecule has 27 heteroatoms. The van der Waals surface area contributed by atoms with E-state index in [0.717, 1.165) is 16.6 Å². The summed E-state index contributed by atoms with van der Waals surface area (Å²) in [7, 11) is 0. The number of ether oxygens (including phenoxy) is 2. The summed E-state index contributed by atoms with van der Waals surface area (Å²) in [6.07, 6.45) is 4.24. The van der Waals surface area contributed by atoms with Gasteiger partial charge in [-0.2, -0.15) is 0 Å². The van der Waals surface area contributed by atoms with Crippen LogP contribution in [-0.2, 0) is 67.1 Å². The summed E-state index contributed by atoms with van der Waals surface area (Å²) in [4.78, 5) is 136. The number of hydrogen-bond donors (Lipinski definition) is 14. The first-order valence-corrected chi connectivity index (χ1v) is 31.6. The number of nitrogens with one attached hydrogen (secondary N) is 10. The van der Waals surface area contributed by atoms with Crippen molar-refractivity contribution in [2.75, 3.05) is 46.1 Å². The first-order chi connectivity index (χ1) is 45.4. The number of aromatic nitrogens is 3. The molecule has 0 aliphatic carbocycles. The number of carbonyl (C=O) groups excluding carboxylic acids is 9. The van der Waals surface area contributed by atoms with E-state index in [1.807, 2.05) is 22.8 Å². The zero-order valence-corrected chi connectivity index (χ0v) is 52.8. The molecule has 4 aromatic carbocycles. The number of imidazole rings is 1. The maximum Gasteiger partial charge on any atom is 0.251 e. The van der Waals surface area contributed by atoms with Crippen molar-refractivity contribution in [2.24, 2.45) is 5.73 Å². The van der Waals surface area contributed by atoms with Crippen molar-refractivity contribution in [1.29, 1.82) is 0 Å². The highest BCUT2D eigenvalue weighted by Crippen LogP contribution is 2.21. The molecule has 10 atom stereocenters. The van der Waals surface area contributed by atoms with Gasteiger partial charge in [-0.3, -0.25) is 43.2 Å². The number of benzene rings is 4. The van der Waals surface area contributed by atoms with Crippen LogP contribution in [0.15, 0.2) is 134 Å². The van der Waals surface area contributed by atoms with E-state index in [1.165, 1.54) is 13.8 Å². The SMILES string of the molecule is C[C@@H](O)[C@@H]1NC(=O)[C@H](CCCCN)NC(=O)[C@@H](Cc2c[nH]c3ccccc23)NC(=O)[C@H](Cc2ccccc2)NC(=O)[C@H](NC(=O)[C@@H](Cc2ccccc2)NC(=O)COCCOCCNC(=O)c2ccc(-n3ccnc3)cc2)CCCC[C@H](C(=O)N[C@H](CO)[C@@H](C)O)NC1=O. The van der Waals surface area contributed by atoms with E-state index >= 15 is 9.59 Å². The molecule has 2 aromatic heterocycles. The molecule has 0 bridgehead atoms. The van der Waals surface area contributed by atoms with Crippen molar-refractivity contribution in [2.45, 2.75) is 139 Å². The molecule has 0 radical (unpaired) electrons. The number of aromatic amines is 1. The second-order valence-corrected chi connectivity index (χ2v) is 23.1. The Morgan fingerprint density at radius 1 is 0.702 bits per heavy atom. The van der Waals surface area contributed by atoms with Gasteiger partial charge in [0.2, 0.25) is 47.3 Å². The third-order valence-electron chi connectivity index (χ3n) is 15.9. The Kier molecular flexibility index (Phi) is 28.6. The number of rotatable bonds is 28. The van der Waals surface area contributed by atoms with Crippen molar-refractivity contribution in [3.05, 3.63) is 156 Å². The second-order valence-electron chi connectivity index (χ2n) is 23.1. The summed E-state index contributed by atoms with van der Waals surface area (Å²) in [5.41, 5.74) is 9.75. The lowest BCUT2D eigenvalue weighted by Gasteiger charge is -2.29. The van der Waals surface area contributed by atoms with E-state index in [2.05, 4.69) is 57.8 Å². The van der Waals surface area contributed by atoms with Crippen LogP contribution >= 0.6 is 0 Å². The van der Waals surface area contributed by atoms with Crippen molar-refractivity contribution in [1.82, 2.24) is 62.4 Å². The van der Waals surface area contributed by atoms with Crippen LogP contribution in [0.1, 0.15) is 85.8 Å². The molecule has 1 saturated heterocycles. The van der Waals surface area contributed by atoms with Crippen LogP contribution in [0.5, 0.6) is 0 Å². The molecule has 0 saturated carbocycles. The largest absolute Gasteiger partial charge is 0.394 e. The number of hydrogen-bond acceptors (Lipinski definition) is 16. The second kappa shape index (κ2) is 37.4. The molecule has 94 heavy (non-hydrogen) atoms. The highest BCUT2D eigenvalue weighted by molar-refractivity contribution is 5.99. The Bertz CT molecular complexity index is 3410. The number of nitrogens with two attached hydrogens (primary N) is 1. The van der Waals surface area contributed by atoms with Gasteiger partial charge >= 0.3 is 0 Å². The summed E-state index contributed by atoms with van der Waals surface area (Å²) in [6.45, 7) is 2.04. The Balaban J connectivity index is 1.13. The van der Waals surface area contributed by atoms with Crippen molar-refractivity contribution >= 4 is 64.1 Å². The fraction of sp³-hybridized carbons (Fsp3) is 0.433. The van der Waals surface area contributed by atoms with Crippen LogP contribution in [0.2, 0.25) is 0 Å². The maximum atomic E-state index is 15.1. The van der Waals surface area contributed by atoms with Crippen LogP contribution < -0.4 is 53.6 Å². The predicted octanol–water partition coefficient (Wildman–Crippen LogP) is 0.180. The number of amides is 9. The summed E-state index contributed by atoms with van der Waals surface area (Å²) < 4.78 is 13.1. The summed E-state index contributed by atoms with van der Waals surface area (Å²) in [5, 5.41) is 56.7. The number of nitrogens with zero attached hydrogens (tertiary/aromatic N) is 2. The molecule has 15 N–H and O–H groups in total. The maximum absolute atomic E-state index is 15.1. The molecule has 1 aliphatic heterocycles. The van der Waals surface area contributed by atoms with Gasteiger partial charge in [0.15, 0.2) is 0 Å². The number of para-hydroxylation sites is 1. The normalized spacial score (nSPS) is 20.0. The Hall–Kier alpha value is -9.38. The predicted molar refractivity (Wildman–Crippen MR) is 347 cm³/mol. The molecular weight excluding hydrogens is 1210 g/mol. The molecular formula is C67H87N13O14. The minimum absolute atomic E-state index is 0.000423. The lowest BCUT2D eigenvalue weighted by molar-refractivity contribution is -0.137. The smallest absolute Gasteiger partial charge is 0.251 e. The van der Waals surface area contributed by atoms with E-state index in [0.29, 0.717) is 35.1 Å². The highest BCUT2D eigenvalue weighted by Gasteiger charge is 2.37. The third-order valence-corrected chi connectivity index (χ3v) is 15.9. The van der Waals surface area contributed by atoms with Crippen molar-refractivity contribution in [3.63, 3.8) is 0 Å². The van der Waals surface area contributed by atoms with Gasteiger partial charge in [0.05, 0.1) is 51.0 Å². The minimum Gasteiger partial charge on any atom is -0.394 e. The lowest BCUT2D eigenvalue weighted by atomic mass is 9.99. The number of fused-ring (bicyclic) bond motifs is 1. The van der Waals surface area contributed by atoms with Gasteiger partial charge in [-0.05, 0) is 99.5 Å². The molecule has 3 heterocycles. The number of unbranched alkanes of at least 4 members (excludes halogenated alkanes) is 1. The number of aliphatic hydroxyl groups excluding tert-OH is 3. The number of aliphatic hydroxyl groups is 3. The van der Waals surface area contributed by atoms with Crippen molar-refractivity contribution in [3.8, 4) is 5.69 Å². The zero-order chi connectivity index (χ0) is 67.4. The van der Waals surface area contributed by atoms with Crippen LogP contribution in [0.4, 0.5) is 0 Å². The molecule has 504 valence electrons. The first kappa shape index (κ1) is 72.1. The molecule has 7 rings (SSSR count). The highest BCUT2D eigenvalue weighted by atomic mass is 16.5. The van der Waals surface area contributed by atoms with Crippen LogP contribution in [0.25, 0.3) is 16.6 Å². The lowest BCUT2D eigenvalue weighted by Crippen LogP contribution is -2.62. The molecule has 27 nitrogen and oxygen atoms in total. The van der Waals surface area contributed by atoms with Gasteiger partial charge in [0, 0.05) is 66.6 Å². The Morgan fingerprint density at radius 2 is 1.35 bits per heavy atom. The average molecular weight is 1300 g/mol. The van der Waals surface area contributed by atoms with E-state index in [1.54, 1.807) is 116 Å². The molecule has 0 spiro atoms. The monoisotopic (exact) mass is 1300 g/mol. The topological polar surface area (TPSA) is 401 Å². The number of carbonyl (C=O) groups is 9. The fourth-order valence-electron chi connectivity index (χ4n) is 10.6. The van der Waals surface area contributed by atoms with E-state index < -0.39 is 121 Å². The quantitative estimate of drug-likeness (QED) is 0.0291. The third kappa shape index (κ3) is 22.4. The van der Waals surface area contributed by atoms with E-state index in [4.69, 9.17) is 15.2 Å². The van der Waals surface area contributed by atoms with Crippen LogP contribution in [0.3, 0.4) is 0 Å². The minimum atomic E-state index is -1.70. The molecule has 0 unspecified atom stereocenters. The summed E-state index contributed by atoms with van der Waals surface area (Å²) in [5.74, 6) is -6.97. The van der Waals surface area contributed by atoms with Gasteiger partial charge in [0.25, 0.3) is 5.91 Å². The zero-order valence-electron chi connectivity index (χ0n) is 52.8. The van der Waals surface area contributed by atoms with Crippen LogP contribution in [-0.4, -0.2) is 190 Å². The molecule has 6 aromatic rings. The van der Waals surface area contributed by atoms with Crippen molar-refractivity contribution < 1.29 is 67.9 Å². The van der Waals surface area contributed by atoms with Gasteiger partial charge < -0.3 is 87.9 Å². The Labute approximate surface area is 544 Å². The van der Waals surface area contributed by atoms with E-state index in [-0.39, 0.29) is 90.2 Å². The van der Waals surface area contributed by atoms with Crippen LogP contribution in [0, 0.1) is 0 Å². The average Bonchev–Trinajstić information content (AvgIpc) is 1.65. The molecule has 9 amide bonds. The fourth-order valence-corrected chi connectivity index (χ4v) is 10.6. The number of H-pyrrole nitrogens is 1. The molecule has 1 fully saturated rings. The first-order valence-electron chi connectivity index (χ1n) is 31.6. The van der Waals surface area contributed by atoms with Gasteiger partial charge in [0.1, 0.15) is 48.9 Å².